The van der Waals surface area contributed by atoms with Crippen LogP contribution >= 0.6 is 0 Å². The van der Waals surface area contributed by atoms with Crippen LogP contribution in [0.4, 0.5) is 0 Å². The molecule has 0 spiro atoms. The topological polar surface area (TPSA) is 81.2 Å². The van der Waals surface area contributed by atoms with Crippen molar-refractivity contribution in [1.29, 1.82) is 0 Å². The molecule has 4 heteroatoms. The van der Waals surface area contributed by atoms with Gasteiger partial charge in [-0.1, -0.05) is 32.0 Å². The number of rotatable bonds is 3. The molecule has 0 atom stereocenters. The molecule has 2 rings (SSSR count). The molecule has 0 aromatic heterocycles. The van der Waals surface area contributed by atoms with Crippen LogP contribution in [-0.2, 0) is 22.4 Å². The van der Waals surface area contributed by atoms with E-state index in [0.29, 0.717) is 5.57 Å². The second-order valence-corrected chi connectivity index (χ2v) is 4.03. The number of carbonyl (C=O) groups excluding carboxylic acids is 2. The predicted octanol–water partition coefficient (Wildman–Crippen LogP) is 2.01. The fraction of sp³-hybridized carbons (Fsp3) is 0.286. The van der Waals surface area contributed by atoms with Crippen molar-refractivity contribution >= 4 is 17.4 Å². The first kappa shape index (κ1) is 14.1. The average molecular weight is 246 g/mol. The number of amides is 2. The summed E-state index contributed by atoms with van der Waals surface area (Å²) in [6.07, 6.45) is 3.17. The van der Waals surface area contributed by atoms with Crippen molar-refractivity contribution in [2.24, 2.45) is 0 Å². The van der Waals surface area contributed by atoms with E-state index in [9.17, 15) is 9.59 Å². The maximum absolute atomic E-state index is 11.7. The summed E-state index contributed by atoms with van der Waals surface area (Å²) in [6.45, 7) is 4.15. The second-order valence-electron chi connectivity index (χ2n) is 4.03. The van der Waals surface area contributed by atoms with Crippen LogP contribution in [0.2, 0.25) is 0 Å². The molecule has 4 N–H and O–H groups in total. The van der Waals surface area contributed by atoms with Crippen molar-refractivity contribution in [3.05, 3.63) is 41.0 Å². The Kier molecular flexibility index (Phi) is 4.39. The van der Waals surface area contributed by atoms with E-state index in [1.165, 1.54) is 11.6 Å². The molecule has 0 unspecified atom stereocenters. The summed E-state index contributed by atoms with van der Waals surface area (Å²) in [5.74, 6) is -0.619. The van der Waals surface area contributed by atoms with Gasteiger partial charge in [-0.15, -0.1) is 0 Å². The number of hydrogen-bond donors (Lipinski definition) is 2. The van der Waals surface area contributed by atoms with Gasteiger partial charge in [0.2, 0.25) is 0 Å². The van der Waals surface area contributed by atoms with Crippen molar-refractivity contribution in [3.63, 3.8) is 0 Å². The molecule has 0 saturated heterocycles. The first-order chi connectivity index (χ1) is 8.17. The van der Waals surface area contributed by atoms with E-state index in [0.717, 1.165) is 24.0 Å². The summed E-state index contributed by atoms with van der Waals surface area (Å²) in [4.78, 5) is 22.8. The fourth-order valence-electron chi connectivity index (χ4n) is 2.25. The highest BCUT2D eigenvalue weighted by atomic mass is 16.2. The highest BCUT2D eigenvalue weighted by molar-refractivity contribution is 6.33. The number of carbonyl (C=O) groups is 2. The third kappa shape index (κ3) is 2.33. The molecule has 1 aromatic rings. The molecule has 0 saturated carbocycles. The molecule has 0 bridgehead atoms. The molecule has 1 aliphatic rings. The molecular formula is C14H18N2O2. The lowest BCUT2D eigenvalue weighted by atomic mass is 9.92. The minimum Gasteiger partial charge on any atom is -0.344 e. The maximum atomic E-state index is 11.7. The molecule has 0 aliphatic carbocycles. The monoisotopic (exact) mass is 246 g/mol. The van der Waals surface area contributed by atoms with Gasteiger partial charge in [0.05, 0.1) is 5.57 Å². The van der Waals surface area contributed by atoms with Crippen molar-refractivity contribution in [3.8, 4) is 0 Å². The summed E-state index contributed by atoms with van der Waals surface area (Å²) in [7, 11) is 0. The zero-order valence-electron chi connectivity index (χ0n) is 10.7. The SMILES string of the molecule is CCc1cccc(C2=CC(=O)NC2=O)c1CC.N. The Morgan fingerprint density at radius 3 is 2.33 bits per heavy atom. The first-order valence-corrected chi connectivity index (χ1v) is 5.85. The molecule has 96 valence electrons. The maximum Gasteiger partial charge on any atom is 0.258 e. The molecule has 4 nitrogen and oxygen atoms in total. The molecular weight excluding hydrogens is 228 g/mol. The Morgan fingerprint density at radius 1 is 1.11 bits per heavy atom. The Labute approximate surface area is 107 Å². The minimum absolute atomic E-state index is 0. The van der Waals surface area contributed by atoms with Crippen LogP contribution in [0.15, 0.2) is 24.3 Å². The molecule has 0 radical (unpaired) electrons. The van der Waals surface area contributed by atoms with Crippen molar-refractivity contribution < 1.29 is 9.59 Å². The third-order valence-electron chi connectivity index (χ3n) is 3.05. The number of benzene rings is 1. The molecule has 1 aliphatic heterocycles. The Hall–Kier alpha value is -1.94. The van der Waals surface area contributed by atoms with E-state index in [4.69, 9.17) is 0 Å². The number of hydrogen-bond acceptors (Lipinski definition) is 3. The van der Waals surface area contributed by atoms with E-state index in [1.807, 2.05) is 12.1 Å². The lowest BCUT2D eigenvalue weighted by Crippen LogP contribution is -2.22. The van der Waals surface area contributed by atoms with Crippen LogP contribution in [0.5, 0.6) is 0 Å². The Balaban J connectivity index is 0.00000162. The van der Waals surface area contributed by atoms with E-state index in [-0.39, 0.29) is 18.0 Å². The number of imide groups is 1. The zero-order chi connectivity index (χ0) is 12.4. The van der Waals surface area contributed by atoms with Gasteiger partial charge < -0.3 is 6.15 Å². The normalized spacial score (nSPS) is 14.0. The lowest BCUT2D eigenvalue weighted by molar-refractivity contribution is -0.123. The summed E-state index contributed by atoms with van der Waals surface area (Å²) < 4.78 is 0. The summed E-state index contributed by atoms with van der Waals surface area (Å²) in [5.41, 5.74) is 3.77. The molecule has 1 heterocycles. The lowest BCUT2D eigenvalue weighted by Gasteiger charge is -2.12. The quantitative estimate of drug-likeness (QED) is 0.800. The van der Waals surface area contributed by atoms with Gasteiger partial charge in [-0.25, -0.2) is 0 Å². The smallest absolute Gasteiger partial charge is 0.258 e. The fourth-order valence-corrected chi connectivity index (χ4v) is 2.25. The number of nitrogens with one attached hydrogen (secondary N) is 1. The van der Waals surface area contributed by atoms with Crippen molar-refractivity contribution in [2.45, 2.75) is 26.7 Å². The van der Waals surface area contributed by atoms with Gasteiger partial charge in [-0.2, -0.15) is 0 Å². The van der Waals surface area contributed by atoms with Gasteiger partial charge in [-0.05, 0) is 29.5 Å². The van der Waals surface area contributed by atoms with E-state index >= 15 is 0 Å². The largest absolute Gasteiger partial charge is 0.344 e. The summed E-state index contributed by atoms with van der Waals surface area (Å²) >= 11 is 0. The van der Waals surface area contributed by atoms with Gasteiger partial charge in [0.25, 0.3) is 11.8 Å². The van der Waals surface area contributed by atoms with Crippen LogP contribution in [0.25, 0.3) is 5.57 Å². The van der Waals surface area contributed by atoms with Gasteiger partial charge >= 0.3 is 0 Å². The van der Waals surface area contributed by atoms with Gasteiger partial charge in [0.15, 0.2) is 0 Å². The predicted molar refractivity (Wildman–Crippen MR) is 71.3 cm³/mol. The molecule has 2 amide bonds. The van der Waals surface area contributed by atoms with Crippen molar-refractivity contribution in [2.75, 3.05) is 0 Å². The molecule has 0 fully saturated rings. The van der Waals surface area contributed by atoms with E-state index in [2.05, 4.69) is 25.2 Å². The highest BCUT2D eigenvalue weighted by Gasteiger charge is 2.24. The van der Waals surface area contributed by atoms with E-state index < -0.39 is 0 Å². The summed E-state index contributed by atoms with van der Waals surface area (Å²) in [5, 5.41) is 2.28. The van der Waals surface area contributed by atoms with E-state index in [1.54, 1.807) is 0 Å². The van der Waals surface area contributed by atoms with Crippen LogP contribution < -0.4 is 11.5 Å². The van der Waals surface area contributed by atoms with Gasteiger partial charge in [-0.3, -0.25) is 14.9 Å². The van der Waals surface area contributed by atoms with Crippen molar-refractivity contribution in [1.82, 2.24) is 11.5 Å². The molecule has 18 heavy (non-hydrogen) atoms. The van der Waals surface area contributed by atoms with Crippen LogP contribution in [0.1, 0.15) is 30.5 Å². The second kappa shape index (κ2) is 5.60. The van der Waals surface area contributed by atoms with Gasteiger partial charge in [0, 0.05) is 6.08 Å². The first-order valence-electron chi connectivity index (χ1n) is 5.85. The Morgan fingerprint density at radius 2 is 1.83 bits per heavy atom. The van der Waals surface area contributed by atoms with Crippen LogP contribution in [0.3, 0.4) is 0 Å². The Bertz CT molecular complexity index is 519. The summed E-state index contributed by atoms with van der Waals surface area (Å²) in [6, 6.07) is 5.91. The highest BCUT2D eigenvalue weighted by Crippen LogP contribution is 2.25. The number of aryl methyl sites for hydroxylation is 1. The third-order valence-corrected chi connectivity index (χ3v) is 3.05. The zero-order valence-corrected chi connectivity index (χ0v) is 10.7. The standard InChI is InChI=1S/C14H15NO2.H3N/c1-3-9-6-5-7-11(10(9)4-2)12-8-13(16)15-14(12)17;/h5-8H,3-4H2,1-2H3,(H,15,16,17);1H3. The van der Waals surface area contributed by atoms with Gasteiger partial charge in [0.1, 0.15) is 0 Å². The minimum atomic E-state index is -0.325. The molecule has 1 aromatic carbocycles. The van der Waals surface area contributed by atoms with Crippen LogP contribution in [0, 0.1) is 0 Å². The van der Waals surface area contributed by atoms with Crippen LogP contribution in [-0.4, -0.2) is 11.8 Å². The average Bonchev–Trinajstić information content (AvgIpc) is 2.67.